The van der Waals surface area contributed by atoms with Gasteiger partial charge in [-0.15, -0.1) is 0 Å². The summed E-state index contributed by atoms with van der Waals surface area (Å²) < 4.78 is 17.4. The van der Waals surface area contributed by atoms with Crippen molar-refractivity contribution in [3.05, 3.63) is 76.7 Å². The van der Waals surface area contributed by atoms with Gasteiger partial charge in [0.1, 0.15) is 17.3 Å². The third-order valence-electron chi connectivity index (χ3n) is 6.78. The van der Waals surface area contributed by atoms with E-state index in [1.54, 1.807) is 37.1 Å². The first kappa shape index (κ1) is 25.5. The molecule has 4 bridgehead atoms. The molecule has 0 unspecified atom stereocenters. The fourth-order valence-electron chi connectivity index (χ4n) is 4.71. The maximum Gasteiger partial charge on any atom is 0.276 e. The third kappa shape index (κ3) is 5.55. The van der Waals surface area contributed by atoms with Crippen LogP contribution in [-0.4, -0.2) is 71.5 Å². The smallest absolute Gasteiger partial charge is 0.276 e. The molecule has 2 aromatic carbocycles. The molecular weight excluding hydrogens is 488 g/mol. The summed E-state index contributed by atoms with van der Waals surface area (Å²) in [6.45, 7) is 4.47. The fraction of sp³-hybridized carbons (Fsp3) is 0.357. The Morgan fingerprint density at radius 1 is 1.11 bits per heavy atom. The van der Waals surface area contributed by atoms with Crippen LogP contribution >= 0.6 is 0 Å². The van der Waals surface area contributed by atoms with E-state index in [-0.39, 0.29) is 42.6 Å². The second-order valence-electron chi connectivity index (χ2n) is 9.78. The number of nitrogens with one attached hydrogen (secondary N) is 1. The molecule has 2 aliphatic rings. The second kappa shape index (κ2) is 10.7. The van der Waals surface area contributed by atoms with Crippen molar-refractivity contribution in [1.82, 2.24) is 20.3 Å². The van der Waals surface area contributed by atoms with Gasteiger partial charge in [-0.1, -0.05) is 23.4 Å². The first-order valence-corrected chi connectivity index (χ1v) is 12.5. The van der Waals surface area contributed by atoms with Gasteiger partial charge >= 0.3 is 0 Å². The average Bonchev–Trinajstić information content (AvgIpc) is 3.34. The minimum Gasteiger partial charge on any atom is -0.457 e. The molecular formula is C28H30N4O6. The van der Waals surface area contributed by atoms with Gasteiger partial charge in [0.2, 0.25) is 5.91 Å². The van der Waals surface area contributed by atoms with Crippen molar-refractivity contribution in [2.45, 2.75) is 39.0 Å². The Morgan fingerprint density at radius 2 is 1.95 bits per heavy atom. The van der Waals surface area contributed by atoms with Crippen LogP contribution in [0, 0.1) is 13.8 Å². The first-order valence-electron chi connectivity index (χ1n) is 12.5. The number of amides is 3. The van der Waals surface area contributed by atoms with Crippen molar-refractivity contribution in [3.63, 3.8) is 0 Å². The van der Waals surface area contributed by atoms with Crippen molar-refractivity contribution in [2.75, 3.05) is 26.7 Å². The number of nitrogens with zero attached hydrogens (tertiary/aromatic N) is 3. The Hall–Kier alpha value is -4.18. The lowest BCUT2D eigenvalue weighted by molar-refractivity contribution is -0.124. The second-order valence-corrected chi connectivity index (χ2v) is 9.78. The molecule has 3 heterocycles. The lowest BCUT2D eigenvalue weighted by Crippen LogP contribution is -2.58. The van der Waals surface area contributed by atoms with Crippen LogP contribution in [0.1, 0.15) is 44.2 Å². The van der Waals surface area contributed by atoms with Gasteiger partial charge in [0, 0.05) is 31.8 Å². The molecule has 3 aromatic rings. The van der Waals surface area contributed by atoms with Gasteiger partial charge in [0.15, 0.2) is 5.69 Å². The summed E-state index contributed by atoms with van der Waals surface area (Å²) in [4.78, 5) is 42.2. The molecule has 198 valence electrons. The zero-order chi connectivity index (χ0) is 26.8. The van der Waals surface area contributed by atoms with Gasteiger partial charge in [-0.05, 0) is 55.7 Å². The summed E-state index contributed by atoms with van der Waals surface area (Å²) in [5.41, 5.74) is 2.43. The molecule has 3 amide bonds. The molecule has 10 heteroatoms. The van der Waals surface area contributed by atoms with E-state index in [4.69, 9.17) is 14.0 Å². The fourth-order valence-corrected chi connectivity index (χ4v) is 4.71. The monoisotopic (exact) mass is 518 g/mol. The van der Waals surface area contributed by atoms with Crippen molar-refractivity contribution in [1.29, 1.82) is 0 Å². The Kier molecular flexibility index (Phi) is 7.15. The summed E-state index contributed by atoms with van der Waals surface area (Å²) in [7, 11) is 1.58. The molecule has 0 saturated carbocycles. The van der Waals surface area contributed by atoms with Gasteiger partial charge in [-0.2, -0.15) is 0 Å². The highest BCUT2D eigenvalue weighted by molar-refractivity contribution is 5.97. The molecule has 1 fully saturated rings. The normalized spacial score (nSPS) is 20.4. The maximum absolute atomic E-state index is 13.1. The number of piperidine rings is 1. The largest absolute Gasteiger partial charge is 0.457 e. The van der Waals surface area contributed by atoms with E-state index in [2.05, 4.69) is 10.5 Å². The number of aryl methyl sites for hydroxylation is 2. The first-order chi connectivity index (χ1) is 18.3. The molecule has 10 nitrogen and oxygen atoms in total. The molecule has 2 atom stereocenters. The maximum atomic E-state index is 13.1. The highest BCUT2D eigenvalue weighted by atomic mass is 16.5. The quantitative estimate of drug-likeness (QED) is 0.527. The van der Waals surface area contributed by atoms with E-state index in [0.717, 1.165) is 11.1 Å². The van der Waals surface area contributed by atoms with Gasteiger partial charge in [-0.3, -0.25) is 14.4 Å². The van der Waals surface area contributed by atoms with Crippen molar-refractivity contribution in [3.8, 4) is 11.5 Å². The lowest BCUT2D eigenvalue weighted by Gasteiger charge is -2.38. The van der Waals surface area contributed by atoms with Crippen LogP contribution in [0.5, 0.6) is 11.5 Å². The number of likely N-dealkylation sites (N-methyl/N-ethyl adjacent to an activating group) is 1. The number of fused-ring (bicyclic) bond motifs is 5. The molecule has 0 radical (unpaired) electrons. The summed E-state index contributed by atoms with van der Waals surface area (Å²) in [6.07, 6.45) is 0.179. The van der Waals surface area contributed by atoms with E-state index >= 15 is 0 Å². The molecule has 1 aromatic heterocycles. The number of likely N-dealkylation sites (tertiary alicyclic amines) is 1. The van der Waals surface area contributed by atoms with Gasteiger partial charge in [0.05, 0.1) is 25.3 Å². The summed E-state index contributed by atoms with van der Waals surface area (Å²) in [5, 5.41) is 6.83. The molecule has 38 heavy (non-hydrogen) atoms. The van der Waals surface area contributed by atoms with Crippen molar-refractivity contribution >= 4 is 17.7 Å². The number of hydrogen-bond donors (Lipinski definition) is 1. The number of hydrogen-bond acceptors (Lipinski definition) is 7. The number of ether oxygens (including phenoxy) is 2. The molecule has 1 saturated heterocycles. The predicted molar refractivity (Wildman–Crippen MR) is 137 cm³/mol. The van der Waals surface area contributed by atoms with Crippen LogP contribution in [-0.2, 0) is 16.1 Å². The summed E-state index contributed by atoms with van der Waals surface area (Å²) in [5.74, 6) is 0.827. The van der Waals surface area contributed by atoms with Crippen molar-refractivity contribution in [2.24, 2.45) is 0 Å². The average molecular weight is 519 g/mol. The number of aromatic nitrogens is 1. The van der Waals surface area contributed by atoms with E-state index in [0.29, 0.717) is 42.4 Å². The number of benzene rings is 2. The standard InChI is InChI=1S/C28H30N4O6/c1-17-7-8-20-13-25(17)37-21-6-4-5-19(12-21)16-36-24-9-10-32(28(35)22-11-18(2)38-30-22)14-23(24)29-26(33)15-31(3)27(20)34/h4-8,11-13,23-24H,9-10,14-16H2,1-3H3,(H,29,33)/t23-,24+/m0/s1. The van der Waals surface area contributed by atoms with Crippen LogP contribution in [0.3, 0.4) is 0 Å². The summed E-state index contributed by atoms with van der Waals surface area (Å²) >= 11 is 0. The van der Waals surface area contributed by atoms with E-state index < -0.39 is 6.04 Å². The third-order valence-corrected chi connectivity index (χ3v) is 6.78. The minimum atomic E-state index is -0.477. The minimum absolute atomic E-state index is 0.151. The van der Waals surface area contributed by atoms with Gasteiger partial charge in [-0.25, -0.2) is 0 Å². The molecule has 5 rings (SSSR count). The zero-order valence-electron chi connectivity index (χ0n) is 21.6. The van der Waals surface area contributed by atoms with Gasteiger partial charge in [0.25, 0.3) is 11.8 Å². The Morgan fingerprint density at radius 3 is 2.74 bits per heavy atom. The van der Waals surface area contributed by atoms with E-state index in [9.17, 15) is 14.4 Å². The predicted octanol–water partition coefficient (Wildman–Crippen LogP) is 3.09. The molecule has 0 spiro atoms. The Balaban J connectivity index is 1.41. The van der Waals surface area contributed by atoms with E-state index in [1.807, 2.05) is 37.3 Å². The topological polar surface area (TPSA) is 114 Å². The SMILES string of the molecule is Cc1cc(C(=O)N2CC[C@H]3OCc4cccc(c4)Oc4cc(ccc4C)C(=O)N(C)CC(=O)N[C@H]3C2)no1. The van der Waals surface area contributed by atoms with Crippen LogP contribution in [0.15, 0.2) is 53.1 Å². The lowest BCUT2D eigenvalue weighted by atomic mass is 10.0. The molecule has 2 aliphatic heterocycles. The number of rotatable bonds is 1. The number of carbonyl (C=O) groups excluding carboxylic acids is 3. The van der Waals surface area contributed by atoms with Gasteiger partial charge < -0.3 is 29.1 Å². The Bertz CT molecular complexity index is 1370. The highest BCUT2D eigenvalue weighted by Gasteiger charge is 2.35. The van der Waals surface area contributed by atoms with Crippen molar-refractivity contribution < 1.29 is 28.4 Å². The number of carbonyl (C=O) groups is 3. The Labute approximate surface area is 220 Å². The van der Waals surface area contributed by atoms with Crippen LogP contribution in [0.4, 0.5) is 0 Å². The van der Waals surface area contributed by atoms with Crippen LogP contribution in [0.2, 0.25) is 0 Å². The van der Waals surface area contributed by atoms with Crippen LogP contribution in [0.25, 0.3) is 0 Å². The van der Waals surface area contributed by atoms with Crippen LogP contribution < -0.4 is 10.1 Å². The highest BCUT2D eigenvalue weighted by Crippen LogP contribution is 2.28. The molecule has 1 N–H and O–H groups in total. The zero-order valence-corrected chi connectivity index (χ0v) is 21.6. The summed E-state index contributed by atoms with van der Waals surface area (Å²) in [6, 6.07) is 13.9. The molecule has 0 aliphatic carbocycles. The van der Waals surface area contributed by atoms with E-state index in [1.165, 1.54) is 4.90 Å².